The Morgan fingerprint density at radius 1 is 1.21 bits per heavy atom. The van der Waals surface area contributed by atoms with Crippen LogP contribution < -0.4 is 16.7 Å². The quantitative estimate of drug-likeness (QED) is 0.831. The smallest absolute Gasteiger partial charge is 0.272 e. The monoisotopic (exact) mass is 345 g/mol. The van der Waals surface area contributed by atoms with Crippen LogP contribution in [0.2, 0.25) is 0 Å². The third kappa shape index (κ3) is 2.31. The molecule has 4 rings (SSSR count). The van der Waals surface area contributed by atoms with Gasteiger partial charge in [0.2, 0.25) is 0 Å². The molecule has 0 spiro atoms. The van der Waals surface area contributed by atoms with E-state index in [0.29, 0.717) is 17.5 Å². The summed E-state index contributed by atoms with van der Waals surface area (Å²) in [4.78, 5) is 12.6. The van der Waals surface area contributed by atoms with Gasteiger partial charge in [-0.1, -0.05) is 6.07 Å². The number of pyridine rings is 1. The molecule has 24 heavy (non-hydrogen) atoms. The second-order valence-electron chi connectivity index (χ2n) is 6.71. The molecule has 2 bridgehead atoms. The van der Waals surface area contributed by atoms with Crippen molar-refractivity contribution < 1.29 is 8.42 Å². The molecule has 2 aliphatic rings. The van der Waals surface area contributed by atoms with E-state index in [9.17, 15) is 13.2 Å². The van der Waals surface area contributed by atoms with E-state index < -0.39 is 9.84 Å². The second-order valence-corrected chi connectivity index (χ2v) is 8.73. The van der Waals surface area contributed by atoms with E-state index in [0.717, 1.165) is 40.8 Å². The first-order valence-corrected chi connectivity index (χ1v) is 9.85. The molecule has 1 fully saturated rings. The lowest BCUT2D eigenvalue weighted by Gasteiger charge is -2.20. The zero-order valence-corrected chi connectivity index (χ0v) is 14.1. The summed E-state index contributed by atoms with van der Waals surface area (Å²) in [5.41, 5.74) is 3.24. The molecule has 0 radical (unpaired) electrons. The molecule has 2 unspecified atom stereocenters. The van der Waals surface area contributed by atoms with Gasteiger partial charge in [-0.05, 0) is 54.9 Å². The number of hydrogen-bond acceptors (Lipinski definition) is 5. The molecule has 1 aromatic heterocycles. The first-order chi connectivity index (χ1) is 11.3. The highest BCUT2D eigenvalue weighted by atomic mass is 32.2. The van der Waals surface area contributed by atoms with E-state index in [4.69, 9.17) is 5.84 Å². The van der Waals surface area contributed by atoms with Gasteiger partial charge in [-0.3, -0.25) is 4.79 Å². The van der Waals surface area contributed by atoms with Gasteiger partial charge in [0.1, 0.15) is 0 Å². The van der Waals surface area contributed by atoms with Gasteiger partial charge in [-0.2, -0.15) is 0 Å². The maximum atomic E-state index is 12.4. The van der Waals surface area contributed by atoms with Crippen LogP contribution in [0.5, 0.6) is 0 Å². The van der Waals surface area contributed by atoms with Gasteiger partial charge in [0.05, 0.1) is 16.8 Å². The van der Waals surface area contributed by atoms with Crippen molar-refractivity contribution in [2.24, 2.45) is 0 Å². The van der Waals surface area contributed by atoms with E-state index in [1.807, 2.05) is 0 Å². The Morgan fingerprint density at radius 3 is 2.62 bits per heavy atom. The number of aromatic nitrogens is 1. The first kappa shape index (κ1) is 15.3. The second kappa shape index (κ2) is 5.11. The Kier molecular flexibility index (Phi) is 3.25. The van der Waals surface area contributed by atoms with Gasteiger partial charge < -0.3 is 11.2 Å². The van der Waals surface area contributed by atoms with Crippen LogP contribution in [-0.4, -0.2) is 19.3 Å². The van der Waals surface area contributed by atoms with Crippen LogP contribution in [0.3, 0.4) is 0 Å². The van der Waals surface area contributed by atoms with Crippen LogP contribution >= 0.6 is 0 Å². The van der Waals surface area contributed by atoms with Crippen LogP contribution in [0.1, 0.15) is 42.2 Å². The molecule has 126 valence electrons. The summed E-state index contributed by atoms with van der Waals surface area (Å²) in [6.45, 7) is 0. The largest absolute Gasteiger partial charge is 0.354 e. The number of nitrogens with zero attached hydrogens (tertiary/aromatic N) is 1. The number of hydrogen-bond donors (Lipinski definition) is 2. The fourth-order valence-electron chi connectivity index (χ4n) is 4.07. The summed E-state index contributed by atoms with van der Waals surface area (Å²) < 4.78 is 24.6. The number of anilines is 2. The molecule has 6 nitrogen and oxygen atoms in total. The molecular formula is C17H19N3O3S. The SMILES string of the molecule is CS(=O)(=O)c1cccc(Nc2cn(N)c(=O)c3c2C2CCC3C2)c1. The molecule has 0 amide bonds. The predicted molar refractivity (Wildman–Crippen MR) is 93.0 cm³/mol. The Bertz CT molecular complexity index is 995. The molecule has 1 aromatic carbocycles. The number of nitrogens with two attached hydrogens (primary N) is 1. The summed E-state index contributed by atoms with van der Waals surface area (Å²) in [6.07, 6.45) is 5.92. The minimum atomic E-state index is -3.27. The highest BCUT2D eigenvalue weighted by Crippen LogP contribution is 2.54. The Hall–Kier alpha value is -2.28. The van der Waals surface area contributed by atoms with Gasteiger partial charge in [-0.15, -0.1) is 0 Å². The van der Waals surface area contributed by atoms with Crippen molar-refractivity contribution in [3.63, 3.8) is 0 Å². The standard InChI is InChI=1S/C17H19N3O3S/c1-24(22,23)13-4-2-3-12(8-13)19-14-9-20(18)17(21)16-11-6-5-10(7-11)15(14)16/h2-4,8-11,19H,5-7,18H2,1H3. The number of nitrogens with one attached hydrogen (secondary N) is 1. The van der Waals surface area contributed by atoms with Gasteiger partial charge in [0.15, 0.2) is 9.84 Å². The summed E-state index contributed by atoms with van der Waals surface area (Å²) in [5.74, 6) is 6.54. The van der Waals surface area contributed by atoms with E-state index in [1.165, 1.54) is 6.26 Å². The minimum Gasteiger partial charge on any atom is -0.354 e. The van der Waals surface area contributed by atoms with Crippen LogP contribution in [0.25, 0.3) is 0 Å². The molecule has 2 aromatic rings. The average molecular weight is 345 g/mol. The molecule has 2 atom stereocenters. The Morgan fingerprint density at radius 2 is 1.92 bits per heavy atom. The Balaban J connectivity index is 1.80. The first-order valence-electron chi connectivity index (χ1n) is 7.96. The fourth-order valence-corrected chi connectivity index (χ4v) is 4.73. The normalized spacial score (nSPS) is 21.7. The lowest BCUT2D eigenvalue weighted by atomic mass is 9.92. The van der Waals surface area contributed by atoms with Crippen LogP contribution in [-0.2, 0) is 9.84 Å². The fraction of sp³-hybridized carbons (Fsp3) is 0.353. The highest BCUT2D eigenvalue weighted by molar-refractivity contribution is 7.90. The zero-order chi connectivity index (χ0) is 17.1. The zero-order valence-electron chi connectivity index (χ0n) is 13.3. The summed E-state index contributed by atoms with van der Waals surface area (Å²) in [5, 5.41) is 3.27. The van der Waals surface area contributed by atoms with Gasteiger partial charge >= 0.3 is 0 Å². The number of sulfone groups is 1. The van der Waals surface area contributed by atoms with Crippen LogP contribution in [0, 0.1) is 0 Å². The highest BCUT2D eigenvalue weighted by Gasteiger charge is 2.41. The Labute approximate surface area is 140 Å². The average Bonchev–Trinajstić information content (AvgIpc) is 3.13. The number of rotatable bonds is 3. The third-order valence-electron chi connectivity index (χ3n) is 5.10. The molecule has 1 heterocycles. The molecule has 0 saturated heterocycles. The van der Waals surface area contributed by atoms with Crippen molar-refractivity contribution in [3.8, 4) is 0 Å². The van der Waals surface area contributed by atoms with Crippen molar-refractivity contribution in [1.29, 1.82) is 0 Å². The van der Waals surface area contributed by atoms with Gasteiger partial charge in [0, 0.05) is 17.5 Å². The van der Waals surface area contributed by atoms with Crippen molar-refractivity contribution in [1.82, 2.24) is 4.68 Å². The van der Waals surface area contributed by atoms with Crippen molar-refractivity contribution in [3.05, 3.63) is 51.9 Å². The lowest BCUT2D eigenvalue weighted by molar-refractivity contribution is 0.602. The third-order valence-corrected chi connectivity index (χ3v) is 6.21. The molecular weight excluding hydrogens is 326 g/mol. The maximum absolute atomic E-state index is 12.4. The summed E-state index contributed by atoms with van der Waals surface area (Å²) in [7, 11) is -3.27. The molecule has 7 heteroatoms. The predicted octanol–water partition coefficient (Wildman–Crippen LogP) is 2.07. The molecule has 2 aliphatic carbocycles. The molecule has 1 saturated carbocycles. The lowest BCUT2D eigenvalue weighted by Crippen LogP contribution is -2.31. The molecule has 0 aliphatic heterocycles. The molecule has 3 N–H and O–H groups in total. The van der Waals surface area contributed by atoms with Crippen LogP contribution in [0.4, 0.5) is 11.4 Å². The van der Waals surface area contributed by atoms with E-state index in [-0.39, 0.29) is 10.5 Å². The van der Waals surface area contributed by atoms with Crippen molar-refractivity contribution >= 4 is 21.2 Å². The van der Waals surface area contributed by atoms with E-state index in [1.54, 1.807) is 30.5 Å². The summed E-state index contributed by atoms with van der Waals surface area (Å²) in [6, 6.07) is 6.67. The summed E-state index contributed by atoms with van der Waals surface area (Å²) >= 11 is 0. The van der Waals surface area contributed by atoms with Crippen LogP contribution in [0.15, 0.2) is 40.2 Å². The maximum Gasteiger partial charge on any atom is 0.272 e. The number of fused-ring (bicyclic) bond motifs is 5. The number of nitrogen functional groups attached to an aromatic ring is 1. The topological polar surface area (TPSA) is 94.2 Å². The van der Waals surface area contributed by atoms with E-state index >= 15 is 0 Å². The van der Waals surface area contributed by atoms with Gasteiger partial charge in [-0.25, -0.2) is 13.1 Å². The number of benzene rings is 1. The van der Waals surface area contributed by atoms with Gasteiger partial charge in [0.25, 0.3) is 5.56 Å². The van der Waals surface area contributed by atoms with Crippen molar-refractivity contribution in [2.75, 3.05) is 17.4 Å². The van der Waals surface area contributed by atoms with E-state index in [2.05, 4.69) is 5.32 Å². The minimum absolute atomic E-state index is 0.118. The van der Waals surface area contributed by atoms with Crippen molar-refractivity contribution in [2.45, 2.75) is 36.0 Å².